The van der Waals surface area contributed by atoms with Crippen LogP contribution in [0.1, 0.15) is 12.5 Å². The van der Waals surface area contributed by atoms with Crippen molar-refractivity contribution in [3.63, 3.8) is 0 Å². The number of carbonyl (C=O) groups excluding carboxylic acids is 2. The number of methoxy groups -OCH3 is 1. The van der Waals surface area contributed by atoms with Crippen LogP contribution in [0, 0.1) is 0 Å². The Morgan fingerprint density at radius 2 is 1.69 bits per heavy atom. The average Bonchev–Trinajstić information content (AvgIpc) is 2.98. The average molecular weight is 448 g/mol. The van der Waals surface area contributed by atoms with E-state index in [2.05, 4.69) is 15.9 Å². The molecule has 0 aliphatic carbocycles. The van der Waals surface area contributed by atoms with Gasteiger partial charge in [-0.2, -0.15) is 0 Å². The first-order chi connectivity index (χ1) is 14.0. The molecule has 1 heterocycles. The lowest BCUT2D eigenvalue weighted by molar-refractivity contribution is -0.136. The van der Waals surface area contributed by atoms with Crippen molar-refractivity contribution < 1.29 is 14.3 Å². The minimum atomic E-state index is -0.526. The maximum Gasteiger partial charge on any atom is 0.340 e. The molecule has 29 heavy (non-hydrogen) atoms. The first-order valence-electron chi connectivity index (χ1n) is 9.10. The zero-order chi connectivity index (χ0) is 20.5. The molecule has 1 aliphatic rings. The van der Waals surface area contributed by atoms with E-state index >= 15 is 0 Å². The van der Waals surface area contributed by atoms with Crippen LogP contribution in [0.25, 0.3) is 16.8 Å². The number of hydrogen-bond donors (Lipinski definition) is 0. The summed E-state index contributed by atoms with van der Waals surface area (Å²) in [7, 11) is 1.32. The summed E-state index contributed by atoms with van der Waals surface area (Å²) in [6.45, 7) is 1.77. The lowest BCUT2D eigenvalue weighted by atomic mass is 10.0. The van der Waals surface area contributed by atoms with Crippen LogP contribution in [-0.4, -0.2) is 19.0 Å². The molecule has 4 nitrogen and oxygen atoms in total. The summed E-state index contributed by atoms with van der Waals surface area (Å²) < 4.78 is 5.93. The van der Waals surface area contributed by atoms with E-state index in [4.69, 9.17) is 4.74 Å². The van der Waals surface area contributed by atoms with E-state index in [1.165, 1.54) is 7.11 Å². The van der Waals surface area contributed by atoms with Gasteiger partial charge in [-0.15, -0.1) is 0 Å². The third-order valence-corrected chi connectivity index (χ3v) is 5.51. The molecular formula is C24H18BrNO3. The number of halogens is 1. The van der Waals surface area contributed by atoms with Gasteiger partial charge in [0.15, 0.2) is 0 Å². The molecule has 3 aromatic carbocycles. The Kier molecular flexibility index (Phi) is 5.07. The second-order valence-corrected chi connectivity index (χ2v) is 7.62. The summed E-state index contributed by atoms with van der Waals surface area (Å²) in [5, 5.41) is 1.97. The molecule has 0 N–H and O–H groups in total. The van der Waals surface area contributed by atoms with Crippen LogP contribution in [-0.2, 0) is 14.3 Å². The number of allylic oxidation sites excluding steroid dienone is 1. The topological polar surface area (TPSA) is 46.6 Å². The number of esters is 1. The van der Waals surface area contributed by atoms with Crippen LogP contribution < -0.4 is 4.90 Å². The molecule has 0 saturated heterocycles. The largest absolute Gasteiger partial charge is 0.465 e. The van der Waals surface area contributed by atoms with Crippen molar-refractivity contribution in [2.24, 2.45) is 0 Å². The van der Waals surface area contributed by atoms with E-state index in [1.807, 2.05) is 66.7 Å². The summed E-state index contributed by atoms with van der Waals surface area (Å²) in [6, 6.07) is 21.2. The number of rotatable bonds is 3. The minimum absolute atomic E-state index is 0.248. The van der Waals surface area contributed by atoms with E-state index in [0.29, 0.717) is 11.3 Å². The Hall–Kier alpha value is -3.18. The molecule has 0 fully saturated rings. The van der Waals surface area contributed by atoms with Gasteiger partial charge in [0.1, 0.15) is 0 Å². The van der Waals surface area contributed by atoms with Crippen LogP contribution in [0.3, 0.4) is 0 Å². The molecule has 0 bridgehead atoms. The Morgan fingerprint density at radius 1 is 1.00 bits per heavy atom. The van der Waals surface area contributed by atoms with E-state index in [9.17, 15) is 9.59 Å². The van der Waals surface area contributed by atoms with Gasteiger partial charge in [0.05, 0.1) is 23.9 Å². The molecule has 3 aromatic rings. The fraction of sp³-hybridized carbons (Fsp3) is 0.0833. The highest BCUT2D eigenvalue weighted by atomic mass is 79.9. The number of anilines is 1. The molecule has 0 aromatic heterocycles. The number of nitrogens with zero attached hydrogens (tertiary/aromatic N) is 1. The molecule has 0 atom stereocenters. The van der Waals surface area contributed by atoms with Crippen LogP contribution >= 0.6 is 15.9 Å². The Bertz CT molecular complexity index is 1190. The smallest absolute Gasteiger partial charge is 0.340 e. The highest BCUT2D eigenvalue weighted by molar-refractivity contribution is 9.10. The molecule has 4 rings (SSSR count). The Labute approximate surface area is 177 Å². The third kappa shape index (κ3) is 3.38. The molecule has 0 radical (unpaired) electrons. The fourth-order valence-electron chi connectivity index (χ4n) is 3.60. The number of ether oxygens (including phenoxy) is 1. The molecule has 144 valence electrons. The Balaban J connectivity index is 1.90. The Morgan fingerprint density at radius 3 is 2.41 bits per heavy atom. The van der Waals surface area contributed by atoms with Gasteiger partial charge in [0, 0.05) is 15.6 Å². The van der Waals surface area contributed by atoms with Gasteiger partial charge < -0.3 is 4.74 Å². The van der Waals surface area contributed by atoms with Crippen LogP contribution in [0.15, 0.2) is 88.0 Å². The van der Waals surface area contributed by atoms with Crippen molar-refractivity contribution in [2.45, 2.75) is 6.92 Å². The van der Waals surface area contributed by atoms with Crippen molar-refractivity contribution >= 4 is 50.3 Å². The van der Waals surface area contributed by atoms with E-state index < -0.39 is 5.97 Å². The minimum Gasteiger partial charge on any atom is -0.465 e. The van der Waals surface area contributed by atoms with E-state index in [0.717, 1.165) is 26.5 Å². The number of benzene rings is 3. The standard InChI is InChI=1S/C24H18BrNO3/c1-15-22(24(28)29-2)20(14-16-10-12-18(25)13-11-16)23(27)26(15)21-9-5-7-17-6-3-4-8-19(17)21/h3-14H,1-2H3. The van der Waals surface area contributed by atoms with Gasteiger partial charge in [-0.1, -0.05) is 64.5 Å². The monoisotopic (exact) mass is 447 g/mol. The van der Waals surface area contributed by atoms with Gasteiger partial charge in [-0.3, -0.25) is 9.69 Å². The SMILES string of the molecule is COC(=O)C1=C(C)N(c2cccc3ccccc23)C(=O)C1=Cc1ccc(Br)cc1. The number of carbonyl (C=O) groups is 2. The quantitative estimate of drug-likeness (QED) is 0.394. The predicted molar refractivity (Wildman–Crippen MR) is 118 cm³/mol. The summed E-state index contributed by atoms with van der Waals surface area (Å²) in [6.07, 6.45) is 1.73. The van der Waals surface area contributed by atoms with Crippen molar-refractivity contribution in [1.29, 1.82) is 0 Å². The number of hydrogen-bond acceptors (Lipinski definition) is 3. The second kappa shape index (κ2) is 7.68. The molecule has 1 amide bonds. The fourth-order valence-corrected chi connectivity index (χ4v) is 3.86. The van der Waals surface area contributed by atoms with Gasteiger partial charge in [0.25, 0.3) is 5.91 Å². The first-order valence-corrected chi connectivity index (χ1v) is 9.89. The second-order valence-electron chi connectivity index (χ2n) is 6.70. The summed E-state index contributed by atoms with van der Waals surface area (Å²) in [4.78, 5) is 27.6. The van der Waals surface area contributed by atoms with Crippen molar-refractivity contribution in [3.8, 4) is 0 Å². The maximum absolute atomic E-state index is 13.5. The molecular weight excluding hydrogens is 430 g/mol. The highest BCUT2D eigenvalue weighted by Crippen LogP contribution is 2.38. The summed E-state index contributed by atoms with van der Waals surface area (Å²) >= 11 is 3.41. The molecule has 5 heteroatoms. The van der Waals surface area contributed by atoms with Gasteiger partial charge in [-0.05, 0) is 42.1 Å². The molecule has 0 spiro atoms. The van der Waals surface area contributed by atoms with Crippen LogP contribution in [0.4, 0.5) is 5.69 Å². The van der Waals surface area contributed by atoms with Gasteiger partial charge in [-0.25, -0.2) is 4.79 Å². The lowest BCUT2D eigenvalue weighted by Gasteiger charge is -2.20. The summed E-state index contributed by atoms with van der Waals surface area (Å²) in [5.41, 5.74) is 2.73. The van der Waals surface area contributed by atoms with E-state index in [1.54, 1.807) is 17.9 Å². The lowest BCUT2D eigenvalue weighted by Crippen LogP contribution is -2.24. The molecule has 0 saturated carbocycles. The zero-order valence-corrected chi connectivity index (χ0v) is 17.6. The first kappa shape index (κ1) is 19.2. The highest BCUT2D eigenvalue weighted by Gasteiger charge is 2.38. The maximum atomic E-state index is 13.5. The number of fused-ring (bicyclic) bond motifs is 1. The van der Waals surface area contributed by atoms with Crippen molar-refractivity contribution in [2.75, 3.05) is 12.0 Å². The van der Waals surface area contributed by atoms with Gasteiger partial charge in [0.2, 0.25) is 0 Å². The van der Waals surface area contributed by atoms with Gasteiger partial charge >= 0.3 is 5.97 Å². The van der Waals surface area contributed by atoms with Crippen molar-refractivity contribution in [3.05, 3.63) is 93.6 Å². The number of amides is 1. The molecule has 0 unspecified atom stereocenters. The van der Waals surface area contributed by atoms with Crippen LogP contribution in [0.5, 0.6) is 0 Å². The normalized spacial score (nSPS) is 15.5. The van der Waals surface area contributed by atoms with Crippen LogP contribution in [0.2, 0.25) is 0 Å². The zero-order valence-electron chi connectivity index (χ0n) is 16.0. The summed E-state index contributed by atoms with van der Waals surface area (Å²) in [5.74, 6) is -0.774. The molecule has 1 aliphatic heterocycles. The predicted octanol–water partition coefficient (Wildman–Crippen LogP) is 5.48. The van der Waals surface area contributed by atoms with E-state index in [-0.39, 0.29) is 11.5 Å². The van der Waals surface area contributed by atoms with Crippen molar-refractivity contribution in [1.82, 2.24) is 0 Å². The third-order valence-electron chi connectivity index (χ3n) is 4.98.